The van der Waals surface area contributed by atoms with Crippen molar-refractivity contribution in [1.29, 1.82) is 0 Å². The lowest BCUT2D eigenvalue weighted by atomic mass is 10.1. The average molecular weight is 334 g/mol. The van der Waals surface area contributed by atoms with E-state index in [0.717, 1.165) is 30.6 Å². The molecule has 0 saturated carbocycles. The second-order valence-electron chi connectivity index (χ2n) is 4.20. The zero-order chi connectivity index (χ0) is 15.6. The molecule has 5 nitrogen and oxygen atoms in total. The van der Waals surface area contributed by atoms with Crippen LogP contribution < -0.4 is 4.72 Å². The van der Waals surface area contributed by atoms with Gasteiger partial charge in [0.25, 0.3) is 0 Å². The topological polar surface area (TPSA) is 72.0 Å². The van der Waals surface area contributed by atoms with Crippen molar-refractivity contribution in [1.82, 2.24) is 14.7 Å². The van der Waals surface area contributed by atoms with Gasteiger partial charge in [-0.1, -0.05) is 0 Å². The summed E-state index contributed by atoms with van der Waals surface area (Å²) in [6.07, 6.45) is 2.04. The molecule has 1 aromatic carbocycles. The molecule has 0 amide bonds. The van der Waals surface area contributed by atoms with Crippen molar-refractivity contribution in [3.05, 3.63) is 53.1 Å². The van der Waals surface area contributed by atoms with Gasteiger partial charge in [0.2, 0.25) is 15.3 Å². The number of nitrogens with one attached hydrogen (secondary N) is 1. The van der Waals surface area contributed by atoms with Crippen LogP contribution in [-0.4, -0.2) is 18.4 Å². The number of hydrogen-bond donors (Lipinski definition) is 1. The molecule has 21 heavy (non-hydrogen) atoms. The van der Waals surface area contributed by atoms with Gasteiger partial charge in [-0.25, -0.2) is 31.9 Å². The molecule has 0 bridgehead atoms. The summed E-state index contributed by atoms with van der Waals surface area (Å²) in [5, 5.41) is -0.0989. The third kappa shape index (κ3) is 3.72. The van der Waals surface area contributed by atoms with E-state index in [2.05, 4.69) is 14.7 Å². The Morgan fingerprint density at radius 2 is 1.86 bits per heavy atom. The van der Waals surface area contributed by atoms with Crippen molar-refractivity contribution in [2.24, 2.45) is 0 Å². The molecule has 0 aliphatic carbocycles. The van der Waals surface area contributed by atoms with Gasteiger partial charge in [-0.15, -0.1) is 0 Å². The first-order valence-corrected chi connectivity index (χ1v) is 7.60. The lowest BCUT2D eigenvalue weighted by molar-refractivity contribution is 0.541. The number of sulfonamides is 1. The van der Waals surface area contributed by atoms with Gasteiger partial charge in [-0.3, -0.25) is 0 Å². The Bertz CT molecular complexity index is 754. The van der Waals surface area contributed by atoms with Crippen molar-refractivity contribution in [2.45, 2.75) is 17.9 Å². The average Bonchev–Trinajstić information content (AvgIpc) is 2.41. The third-order valence-corrected chi connectivity index (χ3v) is 4.35. The van der Waals surface area contributed by atoms with Crippen LogP contribution in [0.15, 0.2) is 35.5 Å². The molecular formula is C12H10ClF2N3O2S. The fraction of sp³-hybridized carbons (Fsp3) is 0.167. The van der Waals surface area contributed by atoms with Crippen LogP contribution in [0.25, 0.3) is 0 Å². The fourth-order valence-corrected chi connectivity index (χ4v) is 2.86. The SMILES string of the molecule is CC(NS(=O)(=O)c1cnc(Cl)nc1)c1cc(F)ccc1F. The molecule has 0 fully saturated rings. The van der Waals surface area contributed by atoms with Crippen LogP contribution in [0.3, 0.4) is 0 Å². The minimum Gasteiger partial charge on any atom is -0.225 e. The van der Waals surface area contributed by atoms with E-state index in [1.165, 1.54) is 6.92 Å². The van der Waals surface area contributed by atoms with Crippen LogP contribution in [-0.2, 0) is 10.0 Å². The minimum atomic E-state index is -3.98. The molecule has 1 N–H and O–H groups in total. The van der Waals surface area contributed by atoms with E-state index in [0.29, 0.717) is 0 Å². The Morgan fingerprint density at radius 1 is 1.24 bits per heavy atom. The van der Waals surface area contributed by atoms with Gasteiger partial charge in [-0.05, 0) is 36.7 Å². The summed E-state index contributed by atoms with van der Waals surface area (Å²) in [6, 6.07) is 1.84. The lowest BCUT2D eigenvalue weighted by Crippen LogP contribution is -2.27. The Hall–Kier alpha value is -1.64. The van der Waals surface area contributed by atoms with Crippen molar-refractivity contribution in [2.75, 3.05) is 0 Å². The summed E-state index contributed by atoms with van der Waals surface area (Å²) in [7, 11) is -3.98. The maximum Gasteiger partial charge on any atom is 0.244 e. The number of hydrogen-bond acceptors (Lipinski definition) is 4. The van der Waals surface area contributed by atoms with Crippen molar-refractivity contribution >= 4 is 21.6 Å². The number of aromatic nitrogens is 2. The molecule has 0 saturated heterocycles. The third-order valence-electron chi connectivity index (χ3n) is 2.66. The van der Waals surface area contributed by atoms with E-state index in [1.807, 2.05) is 0 Å². The highest BCUT2D eigenvalue weighted by Crippen LogP contribution is 2.20. The maximum absolute atomic E-state index is 13.6. The predicted molar refractivity (Wildman–Crippen MR) is 72.1 cm³/mol. The first-order chi connectivity index (χ1) is 9.79. The second-order valence-corrected chi connectivity index (χ2v) is 6.25. The van der Waals surface area contributed by atoms with Gasteiger partial charge in [0.15, 0.2) is 0 Å². The van der Waals surface area contributed by atoms with Crippen molar-refractivity contribution < 1.29 is 17.2 Å². The van der Waals surface area contributed by atoms with Crippen molar-refractivity contribution in [3.8, 4) is 0 Å². The summed E-state index contributed by atoms with van der Waals surface area (Å²) in [5.41, 5.74) is -0.103. The Morgan fingerprint density at radius 3 is 2.48 bits per heavy atom. The first-order valence-electron chi connectivity index (χ1n) is 5.74. The van der Waals surface area contributed by atoms with Gasteiger partial charge < -0.3 is 0 Å². The standard InChI is InChI=1S/C12H10ClF2N3O2S/c1-7(10-4-8(14)2-3-11(10)15)18-21(19,20)9-5-16-12(13)17-6-9/h2-7,18H,1H3. The van der Waals surface area contributed by atoms with Gasteiger partial charge >= 0.3 is 0 Å². The van der Waals surface area contributed by atoms with Gasteiger partial charge in [0, 0.05) is 11.6 Å². The van der Waals surface area contributed by atoms with Crippen LogP contribution in [0.1, 0.15) is 18.5 Å². The van der Waals surface area contributed by atoms with Gasteiger partial charge in [0.05, 0.1) is 12.4 Å². The Labute approximate surface area is 125 Å². The van der Waals surface area contributed by atoms with E-state index in [-0.39, 0.29) is 15.7 Å². The molecular weight excluding hydrogens is 324 g/mol. The predicted octanol–water partition coefficient (Wildman–Crippen LogP) is 2.45. The van der Waals surface area contributed by atoms with Gasteiger partial charge in [0.1, 0.15) is 16.5 Å². The Balaban J connectivity index is 2.27. The fourth-order valence-electron chi connectivity index (χ4n) is 1.65. The van der Waals surface area contributed by atoms with Gasteiger partial charge in [-0.2, -0.15) is 0 Å². The van der Waals surface area contributed by atoms with Crippen LogP contribution >= 0.6 is 11.6 Å². The molecule has 1 heterocycles. The summed E-state index contributed by atoms with van der Waals surface area (Å²) in [4.78, 5) is 6.89. The summed E-state index contributed by atoms with van der Waals surface area (Å²) in [5.74, 6) is -1.37. The Kier molecular flexibility index (Phi) is 4.50. The lowest BCUT2D eigenvalue weighted by Gasteiger charge is -2.15. The normalized spacial score (nSPS) is 13.1. The quantitative estimate of drug-likeness (QED) is 0.872. The van der Waals surface area contributed by atoms with E-state index in [4.69, 9.17) is 11.6 Å². The molecule has 2 aromatic rings. The number of nitrogens with zero attached hydrogens (tertiary/aromatic N) is 2. The molecule has 0 aliphatic rings. The molecule has 0 aliphatic heterocycles. The van der Waals surface area contributed by atoms with Crippen LogP contribution in [0.5, 0.6) is 0 Å². The molecule has 1 atom stereocenters. The molecule has 1 aromatic heterocycles. The molecule has 1 unspecified atom stereocenters. The summed E-state index contributed by atoms with van der Waals surface area (Å²) >= 11 is 5.47. The van der Waals surface area contributed by atoms with Crippen LogP contribution in [0.2, 0.25) is 5.28 Å². The van der Waals surface area contributed by atoms with E-state index in [1.54, 1.807) is 0 Å². The zero-order valence-corrected chi connectivity index (χ0v) is 12.3. The van der Waals surface area contributed by atoms with Crippen LogP contribution in [0.4, 0.5) is 8.78 Å². The van der Waals surface area contributed by atoms with E-state index >= 15 is 0 Å². The maximum atomic E-state index is 13.6. The van der Waals surface area contributed by atoms with E-state index < -0.39 is 27.7 Å². The van der Waals surface area contributed by atoms with Crippen LogP contribution in [0, 0.1) is 11.6 Å². The molecule has 2 rings (SSSR count). The first kappa shape index (κ1) is 15.7. The highest BCUT2D eigenvalue weighted by molar-refractivity contribution is 7.89. The summed E-state index contributed by atoms with van der Waals surface area (Å²) < 4.78 is 53.1. The molecule has 0 spiro atoms. The highest BCUT2D eigenvalue weighted by Gasteiger charge is 2.21. The largest absolute Gasteiger partial charge is 0.244 e. The molecule has 0 radical (unpaired) electrons. The monoisotopic (exact) mass is 333 g/mol. The van der Waals surface area contributed by atoms with Crippen molar-refractivity contribution in [3.63, 3.8) is 0 Å². The number of rotatable bonds is 4. The highest BCUT2D eigenvalue weighted by atomic mass is 35.5. The molecule has 9 heteroatoms. The number of benzene rings is 1. The van der Waals surface area contributed by atoms with E-state index in [9.17, 15) is 17.2 Å². The smallest absolute Gasteiger partial charge is 0.225 e. The molecule has 112 valence electrons. The summed E-state index contributed by atoms with van der Waals surface area (Å²) in [6.45, 7) is 1.40. The minimum absolute atomic E-state index is 0.0989. The zero-order valence-electron chi connectivity index (χ0n) is 10.7. The number of halogens is 3. The second kappa shape index (κ2) is 6.00.